The van der Waals surface area contributed by atoms with Gasteiger partial charge in [0.15, 0.2) is 0 Å². The van der Waals surface area contributed by atoms with E-state index in [0.29, 0.717) is 0 Å². The Kier molecular flexibility index (Phi) is 10.5. The van der Waals surface area contributed by atoms with Gasteiger partial charge >= 0.3 is 66.0 Å². The van der Waals surface area contributed by atoms with Gasteiger partial charge in [0.2, 0.25) is 0 Å². The largest absolute Gasteiger partial charge is 0 e. The Morgan fingerprint density at radius 1 is 1.22 bits per heavy atom. The molecule has 0 aromatic heterocycles. The number of hydrogen-bond donors (Lipinski definition) is 0. The van der Waals surface area contributed by atoms with Crippen LogP contribution >= 0.6 is 26.8 Å². The number of halogens is 3. The van der Waals surface area contributed by atoms with Crippen LogP contribution in [0.5, 0.6) is 0 Å². The third-order valence-electron chi connectivity index (χ3n) is 0.814. The molecule has 0 aliphatic carbocycles. The van der Waals surface area contributed by atoms with Gasteiger partial charge < -0.3 is 0 Å². The van der Waals surface area contributed by atoms with E-state index >= 15 is 0 Å². The molecule has 0 aromatic rings. The molecule has 0 aliphatic rings. The van der Waals surface area contributed by atoms with Crippen LogP contribution in [0, 0.1) is 0 Å². The minimum atomic E-state index is -2.89. The molecule has 0 amide bonds. The minimum absolute atomic E-state index is 0. The van der Waals surface area contributed by atoms with Crippen LogP contribution in [0.15, 0.2) is 0 Å². The molecule has 0 aromatic carbocycles. The number of hydrogen-bond acceptors (Lipinski definition) is 0. The van der Waals surface area contributed by atoms with Crippen LogP contribution in [0.4, 0.5) is 0 Å². The van der Waals surface area contributed by atoms with Gasteiger partial charge in [-0.15, -0.1) is 0 Å². The fourth-order valence-electron chi connectivity index (χ4n) is 0.377. The third kappa shape index (κ3) is 13.2. The van der Waals surface area contributed by atoms with E-state index in [1.807, 2.05) is 0 Å². The molecular weight excluding hydrogens is 328 g/mol. The van der Waals surface area contributed by atoms with Crippen molar-refractivity contribution in [3.63, 3.8) is 0 Å². The maximum atomic E-state index is 5.65. The van der Waals surface area contributed by atoms with E-state index in [0.717, 1.165) is 17.3 Å². The second-order valence-corrected chi connectivity index (χ2v) is 23.5. The summed E-state index contributed by atoms with van der Waals surface area (Å²) in [6.45, 7) is 2.10. The summed E-state index contributed by atoms with van der Waals surface area (Å²) < 4.78 is 0.871. The smallest absolute Gasteiger partial charge is 0 e. The van der Waals surface area contributed by atoms with Gasteiger partial charge in [-0.05, 0) is 0 Å². The zero-order valence-electron chi connectivity index (χ0n) is 5.13. The summed E-state index contributed by atoms with van der Waals surface area (Å²) in [4.78, 5) is 0. The molecule has 0 atom stereocenters. The molecular formula is C4H9Cl3MnSn. The molecule has 0 saturated heterocycles. The van der Waals surface area contributed by atoms with Gasteiger partial charge in [0, 0.05) is 17.1 Å². The van der Waals surface area contributed by atoms with Crippen LogP contribution in [-0.2, 0) is 17.1 Å². The first-order chi connectivity index (χ1) is 3.56. The van der Waals surface area contributed by atoms with Crippen molar-refractivity contribution in [2.45, 2.75) is 24.2 Å². The third-order valence-corrected chi connectivity index (χ3v) is 7.24. The maximum absolute atomic E-state index is 5.65. The molecule has 1 radical (unpaired) electrons. The van der Waals surface area contributed by atoms with Crippen LogP contribution in [-0.4, -0.2) is 15.0 Å². The molecule has 0 bridgehead atoms. The summed E-state index contributed by atoms with van der Waals surface area (Å²) in [6, 6.07) is 0. The molecule has 0 fully saturated rings. The van der Waals surface area contributed by atoms with Gasteiger partial charge in [-0.3, -0.25) is 0 Å². The van der Waals surface area contributed by atoms with Crippen molar-refractivity contribution in [2.24, 2.45) is 0 Å². The van der Waals surface area contributed by atoms with Gasteiger partial charge in [0.05, 0.1) is 0 Å². The molecule has 0 rings (SSSR count). The van der Waals surface area contributed by atoms with Crippen LogP contribution in [0.1, 0.15) is 19.8 Å². The van der Waals surface area contributed by atoms with Crippen molar-refractivity contribution in [3.8, 4) is 0 Å². The summed E-state index contributed by atoms with van der Waals surface area (Å²) >= 11 is -2.89. The number of unbranched alkanes of at least 4 members (excludes halogenated alkanes) is 1. The Hall–Kier alpha value is 2.19. The van der Waals surface area contributed by atoms with Crippen LogP contribution in [0.25, 0.3) is 0 Å². The molecule has 0 spiro atoms. The maximum Gasteiger partial charge on any atom is 0 e. The zero-order valence-corrected chi connectivity index (χ0v) is 11.4. The fourth-order valence-corrected chi connectivity index (χ4v) is 5.22. The van der Waals surface area contributed by atoms with Crippen molar-refractivity contribution < 1.29 is 17.1 Å². The van der Waals surface area contributed by atoms with E-state index in [-0.39, 0.29) is 17.1 Å². The summed E-state index contributed by atoms with van der Waals surface area (Å²) in [5.74, 6) is 0. The van der Waals surface area contributed by atoms with Crippen molar-refractivity contribution in [3.05, 3.63) is 0 Å². The van der Waals surface area contributed by atoms with Crippen LogP contribution in [0.2, 0.25) is 4.44 Å². The van der Waals surface area contributed by atoms with Crippen molar-refractivity contribution in [1.29, 1.82) is 0 Å². The van der Waals surface area contributed by atoms with E-state index in [2.05, 4.69) is 6.92 Å². The molecule has 57 valence electrons. The predicted molar refractivity (Wildman–Crippen MR) is 43.0 cm³/mol. The molecule has 0 aliphatic heterocycles. The summed E-state index contributed by atoms with van der Waals surface area (Å²) in [7, 11) is 17.0. The molecule has 0 N–H and O–H groups in total. The molecule has 9 heavy (non-hydrogen) atoms. The Balaban J connectivity index is 0. The first-order valence-corrected chi connectivity index (χ1v) is 15.5. The Labute approximate surface area is 82.1 Å². The molecule has 5 heteroatoms. The molecule has 0 saturated carbocycles. The second kappa shape index (κ2) is 6.87. The van der Waals surface area contributed by atoms with E-state index in [1.54, 1.807) is 0 Å². The summed E-state index contributed by atoms with van der Waals surface area (Å²) in [5.41, 5.74) is 0. The van der Waals surface area contributed by atoms with Crippen molar-refractivity contribution >= 4 is 41.8 Å². The molecule has 0 nitrogen and oxygen atoms in total. The van der Waals surface area contributed by atoms with Gasteiger partial charge in [-0.25, -0.2) is 0 Å². The second-order valence-electron chi connectivity index (χ2n) is 1.72. The summed E-state index contributed by atoms with van der Waals surface area (Å²) in [5, 5.41) is 0. The fraction of sp³-hybridized carbons (Fsp3) is 1.00. The SMILES string of the molecule is CCC[CH2][Sn]([Cl])([Cl])[Cl].[Mn]. The van der Waals surface area contributed by atoms with Gasteiger partial charge in [-0.1, -0.05) is 0 Å². The van der Waals surface area contributed by atoms with E-state index < -0.39 is 15.0 Å². The monoisotopic (exact) mass is 337 g/mol. The van der Waals surface area contributed by atoms with Crippen LogP contribution in [0.3, 0.4) is 0 Å². The van der Waals surface area contributed by atoms with Crippen molar-refractivity contribution in [1.82, 2.24) is 0 Å². The number of rotatable bonds is 3. The normalized spacial score (nSPS) is 10.7. The van der Waals surface area contributed by atoms with Crippen molar-refractivity contribution in [2.75, 3.05) is 0 Å². The first-order valence-electron chi connectivity index (χ1n) is 2.63. The van der Waals surface area contributed by atoms with E-state index in [1.165, 1.54) is 0 Å². The quantitative estimate of drug-likeness (QED) is 0.692. The summed E-state index contributed by atoms with van der Waals surface area (Å²) in [6.07, 6.45) is 2.21. The Morgan fingerprint density at radius 3 is 1.78 bits per heavy atom. The zero-order chi connectivity index (χ0) is 6.62. The average Bonchev–Trinajstić information content (AvgIpc) is 1.59. The predicted octanol–water partition coefficient (Wildman–Crippen LogP) is 3.44. The van der Waals surface area contributed by atoms with E-state index in [9.17, 15) is 0 Å². The van der Waals surface area contributed by atoms with Gasteiger partial charge in [0.1, 0.15) is 0 Å². The van der Waals surface area contributed by atoms with Gasteiger partial charge in [0.25, 0.3) is 0 Å². The van der Waals surface area contributed by atoms with Gasteiger partial charge in [-0.2, -0.15) is 0 Å². The topological polar surface area (TPSA) is 0 Å². The first kappa shape index (κ1) is 13.8. The van der Waals surface area contributed by atoms with E-state index in [4.69, 9.17) is 26.8 Å². The Morgan fingerprint density at radius 2 is 1.67 bits per heavy atom. The molecule has 0 unspecified atom stereocenters. The molecule has 0 heterocycles. The minimum Gasteiger partial charge on any atom is 0 e. The Bertz CT molecular complexity index is 63.3. The average molecular weight is 337 g/mol. The standard InChI is InChI=1S/C4H9.3ClH.Mn.Sn/c1-3-4-2;;;;;/h1,3-4H2,2H3;3*1H;;/q;;;;;+3/p-3. The van der Waals surface area contributed by atoms with Crippen LogP contribution < -0.4 is 0 Å².